The van der Waals surface area contributed by atoms with E-state index in [1.165, 1.54) is 0 Å². The summed E-state index contributed by atoms with van der Waals surface area (Å²) < 4.78 is 7.11. The van der Waals surface area contributed by atoms with E-state index >= 15 is 0 Å². The summed E-state index contributed by atoms with van der Waals surface area (Å²) in [7, 11) is 1.86. The van der Waals surface area contributed by atoms with Crippen molar-refractivity contribution in [1.82, 2.24) is 15.1 Å². The normalized spacial score (nSPS) is 20.5. The highest BCUT2D eigenvalue weighted by Gasteiger charge is 2.22. The fourth-order valence-electron chi connectivity index (χ4n) is 2.25. The first-order valence-corrected chi connectivity index (χ1v) is 5.94. The smallest absolute Gasteiger partial charge is 0.168 e. The average Bonchev–Trinajstić information content (AvgIpc) is 2.54. The molecule has 0 bridgehead atoms. The van der Waals surface area contributed by atoms with Gasteiger partial charge in [0.05, 0.1) is 24.5 Å². The summed E-state index contributed by atoms with van der Waals surface area (Å²) in [4.78, 5) is 12.2. The largest absolute Gasteiger partial charge is 0.378 e. The number of carbonyl (C=O) groups excluding carboxylic acids is 1. The molecule has 2 heterocycles. The summed E-state index contributed by atoms with van der Waals surface area (Å²) >= 11 is 0. The molecule has 1 aromatic heterocycles. The minimum atomic E-state index is 0.134. The van der Waals surface area contributed by atoms with Crippen molar-refractivity contribution < 1.29 is 9.53 Å². The van der Waals surface area contributed by atoms with E-state index in [0.717, 1.165) is 30.1 Å². The van der Waals surface area contributed by atoms with E-state index in [4.69, 9.17) is 4.74 Å². The third-order valence-electron chi connectivity index (χ3n) is 3.22. The summed E-state index contributed by atoms with van der Waals surface area (Å²) in [5.74, 6) is 0.149. The Labute approximate surface area is 101 Å². The predicted molar refractivity (Wildman–Crippen MR) is 64.2 cm³/mol. The van der Waals surface area contributed by atoms with Crippen molar-refractivity contribution in [3.8, 4) is 0 Å². The van der Waals surface area contributed by atoms with Gasteiger partial charge in [-0.2, -0.15) is 5.10 Å². The summed E-state index contributed by atoms with van der Waals surface area (Å²) in [5, 5.41) is 7.56. The van der Waals surface area contributed by atoms with Gasteiger partial charge in [0, 0.05) is 31.7 Å². The second-order valence-corrected chi connectivity index (χ2v) is 4.52. The van der Waals surface area contributed by atoms with Crippen LogP contribution in [-0.2, 0) is 11.8 Å². The lowest BCUT2D eigenvalue weighted by atomic mass is 10.0. The SMILES string of the molecule is Cc1nn(C)c(C)c1C(=O)CC1COCCN1. The Bertz CT molecular complexity index is 420. The maximum absolute atomic E-state index is 12.2. The van der Waals surface area contributed by atoms with E-state index in [1.807, 2.05) is 20.9 Å². The van der Waals surface area contributed by atoms with E-state index in [2.05, 4.69) is 10.4 Å². The second-order valence-electron chi connectivity index (χ2n) is 4.52. The van der Waals surface area contributed by atoms with Gasteiger partial charge in [0.2, 0.25) is 0 Å². The fraction of sp³-hybridized carbons (Fsp3) is 0.667. The molecule has 1 aliphatic heterocycles. The maximum Gasteiger partial charge on any atom is 0.168 e. The predicted octanol–water partition coefficient (Wildman–Crippen LogP) is 0.598. The van der Waals surface area contributed by atoms with Crippen molar-refractivity contribution in [2.45, 2.75) is 26.3 Å². The lowest BCUT2D eigenvalue weighted by molar-refractivity contribution is 0.0675. The van der Waals surface area contributed by atoms with Crippen LogP contribution in [-0.4, -0.2) is 41.4 Å². The zero-order valence-electron chi connectivity index (χ0n) is 10.6. The summed E-state index contributed by atoms with van der Waals surface area (Å²) in [6.07, 6.45) is 0.480. The van der Waals surface area contributed by atoms with Gasteiger partial charge in [-0.25, -0.2) is 0 Å². The van der Waals surface area contributed by atoms with Crippen molar-refractivity contribution in [1.29, 1.82) is 0 Å². The number of aryl methyl sites for hydroxylation is 2. The molecule has 0 amide bonds. The lowest BCUT2D eigenvalue weighted by Crippen LogP contribution is -2.42. The van der Waals surface area contributed by atoms with Gasteiger partial charge in [0.15, 0.2) is 5.78 Å². The number of morpholine rings is 1. The molecule has 2 rings (SSSR count). The molecule has 1 saturated heterocycles. The first-order chi connectivity index (χ1) is 8.09. The molecule has 0 aromatic carbocycles. The Balaban J connectivity index is 2.08. The summed E-state index contributed by atoms with van der Waals surface area (Å²) in [6.45, 7) is 5.98. The van der Waals surface area contributed by atoms with Crippen LogP contribution >= 0.6 is 0 Å². The van der Waals surface area contributed by atoms with E-state index in [-0.39, 0.29) is 11.8 Å². The second kappa shape index (κ2) is 4.98. The number of ether oxygens (including phenoxy) is 1. The van der Waals surface area contributed by atoms with Gasteiger partial charge < -0.3 is 10.1 Å². The zero-order valence-corrected chi connectivity index (χ0v) is 10.6. The van der Waals surface area contributed by atoms with Crippen LogP contribution < -0.4 is 5.32 Å². The van der Waals surface area contributed by atoms with Crippen molar-refractivity contribution in [2.24, 2.45) is 7.05 Å². The Morgan fingerprint density at radius 3 is 2.88 bits per heavy atom. The van der Waals surface area contributed by atoms with Crippen molar-refractivity contribution in [3.05, 3.63) is 17.0 Å². The molecule has 1 atom stereocenters. The Kier molecular flexibility index (Phi) is 3.59. The van der Waals surface area contributed by atoms with Crippen LogP contribution in [0.5, 0.6) is 0 Å². The van der Waals surface area contributed by atoms with Gasteiger partial charge in [-0.05, 0) is 13.8 Å². The highest BCUT2D eigenvalue weighted by Crippen LogP contribution is 2.15. The topological polar surface area (TPSA) is 56.2 Å². The van der Waals surface area contributed by atoms with E-state index in [0.29, 0.717) is 13.0 Å². The number of nitrogens with one attached hydrogen (secondary N) is 1. The monoisotopic (exact) mass is 237 g/mol. The number of carbonyl (C=O) groups is 1. The number of Topliss-reactive ketones (excluding diaryl/α,β-unsaturated/α-hetero) is 1. The van der Waals surface area contributed by atoms with Crippen LogP contribution in [0.2, 0.25) is 0 Å². The van der Waals surface area contributed by atoms with Gasteiger partial charge in [-0.3, -0.25) is 9.48 Å². The number of nitrogens with zero attached hydrogens (tertiary/aromatic N) is 2. The van der Waals surface area contributed by atoms with Crippen LogP contribution in [0.3, 0.4) is 0 Å². The van der Waals surface area contributed by atoms with Gasteiger partial charge >= 0.3 is 0 Å². The van der Waals surface area contributed by atoms with Gasteiger partial charge in [0.25, 0.3) is 0 Å². The van der Waals surface area contributed by atoms with Gasteiger partial charge in [-0.1, -0.05) is 0 Å². The molecule has 5 nitrogen and oxygen atoms in total. The van der Waals surface area contributed by atoms with Crippen LogP contribution in [0, 0.1) is 13.8 Å². The minimum absolute atomic E-state index is 0.134. The molecule has 0 saturated carbocycles. The molecule has 1 unspecified atom stereocenters. The van der Waals surface area contributed by atoms with Gasteiger partial charge in [0.1, 0.15) is 0 Å². The molecule has 5 heteroatoms. The Morgan fingerprint density at radius 1 is 1.59 bits per heavy atom. The molecule has 1 N–H and O–H groups in total. The zero-order chi connectivity index (χ0) is 12.4. The van der Waals surface area contributed by atoms with Crippen molar-refractivity contribution in [2.75, 3.05) is 19.8 Å². The number of aromatic nitrogens is 2. The Hall–Kier alpha value is -1.20. The molecule has 94 valence electrons. The van der Waals surface area contributed by atoms with Crippen molar-refractivity contribution >= 4 is 5.78 Å². The number of ketones is 1. The highest BCUT2D eigenvalue weighted by atomic mass is 16.5. The van der Waals surface area contributed by atoms with Crippen LogP contribution in [0.25, 0.3) is 0 Å². The molecular weight excluding hydrogens is 218 g/mol. The van der Waals surface area contributed by atoms with Crippen LogP contribution in [0.15, 0.2) is 0 Å². The van der Waals surface area contributed by atoms with E-state index < -0.39 is 0 Å². The molecule has 1 aromatic rings. The number of hydrogen-bond acceptors (Lipinski definition) is 4. The maximum atomic E-state index is 12.2. The standard InChI is InChI=1S/C12H19N3O2/c1-8-12(9(2)15(3)14-8)11(16)6-10-7-17-5-4-13-10/h10,13H,4-7H2,1-3H3. The molecule has 0 radical (unpaired) electrons. The average molecular weight is 237 g/mol. The van der Waals surface area contributed by atoms with Crippen LogP contribution in [0.1, 0.15) is 28.2 Å². The van der Waals surface area contributed by atoms with Crippen molar-refractivity contribution in [3.63, 3.8) is 0 Å². The van der Waals surface area contributed by atoms with Crippen LogP contribution in [0.4, 0.5) is 0 Å². The molecule has 1 aliphatic rings. The lowest BCUT2D eigenvalue weighted by Gasteiger charge is -2.23. The summed E-state index contributed by atoms with van der Waals surface area (Å²) in [5.41, 5.74) is 2.51. The molecule has 1 fully saturated rings. The summed E-state index contributed by atoms with van der Waals surface area (Å²) in [6, 6.07) is 0.134. The van der Waals surface area contributed by atoms with E-state index in [1.54, 1.807) is 4.68 Å². The third kappa shape index (κ3) is 2.56. The third-order valence-corrected chi connectivity index (χ3v) is 3.22. The highest BCUT2D eigenvalue weighted by molar-refractivity contribution is 5.98. The number of hydrogen-bond donors (Lipinski definition) is 1. The molecule has 17 heavy (non-hydrogen) atoms. The fourth-order valence-corrected chi connectivity index (χ4v) is 2.25. The minimum Gasteiger partial charge on any atom is -0.378 e. The molecule has 0 spiro atoms. The Morgan fingerprint density at radius 2 is 2.35 bits per heavy atom. The molecule has 0 aliphatic carbocycles. The first kappa shape index (κ1) is 12.3. The van der Waals surface area contributed by atoms with Gasteiger partial charge in [-0.15, -0.1) is 0 Å². The first-order valence-electron chi connectivity index (χ1n) is 5.94. The van der Waals surface area contributed by atoms with E-state index in [9.17, 15) is 4.79 Å². The number of rotatable bonds is 3. The molecular formula is C12H19N3O2. The quantitative estimate of drug-likeness (QED) is 0.782.